The van der Waals surface area contributed by atoms with Gasteiger partial charge >= 0.3 is 5.97 Å². The van der Waals surface area contributed by atoms with Crippen LogP contribution in [-0.2, 0) is 9.59 Å². The maximum Gasteiger partial charge on any atom is 0.326 e. The van der Waals surface area contributed by atoms with Crippen molar-refractivity contribution in [2.45, 2.75) is 19.4 Å². The molecule has 0 saturated carbocycles. The molecule has 1 atom stereocenters. The van der Waals surface area contributed by atoms with Crippen LogP contribution in [0.2, 0.25) is 0 Å². The molecular weight excluding hydrogens is 274 g/mol. The van der Waals surface area contributed by atoms with Gasteiger partial charge in [-0.2, -0.15) is 0 Å². The number of hydrogen-bond acceptors (Lipinski definition) is 4. The Morgan fingerprint density at radius 1 is 1.43 bits per heavy atom. The van der Waals surface area contributed by atoms with Gasteiger partial charge in [0.2, 0.25) is 5.91 Å². The van der Waals surface area contributed by atoms with E-state index in [2.05, 4.69) is 5.32 Å². The first kappa shape index (κ1) is 16.7. The Morgan fingerprint density at radius 2 is 2.14 bits per heavy atom. The number of rotatable bonds is 7. The number of methoxy groups -OCH3 is 1. The van der Waals surface area contributed by atoms with E-state index in [1.54, 1.807) is 12.1 Å². The molecule has 0 aromatic heterocycles. The number of carboxylic acids is 1. The minimum absolute atomic E-state index is 0.0390. The molecule has 0 radical (unpaired) electrons. The van der Waals surface area contributed by atoms with Gasteiger partial charge in [-0.1, -0.05) is 11.6 Å². The molecular formula is C15H19NO5. The van der Waals surface area contributed by atoms with Crippen molar-refractivity contribution >= 4 is 18.0 Å². The summed E-state index contributed by atoms with van der Waals surface area (Å²) >= 11 is 0. The lowest BCUT2D eigenvalue weighted by Crippen LogP contribution is -2.40. The number of amides is 1. The van der Waals surface area contributed by atoms with Crippen molar-refractivity contribution in [3.63, 3.8) is 0 Å². The molecule has 0 bridgehead atoms. The zero-order valence-electron chi connectivity index (χ0n) is 12.0. The number of carbonyl (C=O) groups is 2. The summed E-state index contributed by atoms with van der Waals surface area (Å²) in [6.07, 6.45) is 2.76. The molecule has 114 valence electrons. The highest BCUT2D eigenvalue weighted by Crippen LogP contribution is 2.20. The molecule has 1 rings (SSSR count). The summed E-state index contributed by atoms with van der Waals surface area (Å²) in [4.78, 5) is 22.6. The van der Waals surface area contributed by atoms with Crippen LogP contribution in [0.25, 0.3) is 6.08 Å². The van der Waals surface area contributed by atoms with Gasteiger partial charge in [0.25, 0.3) is 0 Å². The predicted octanol–water partition coefficient (Wildman–Crippen LogP) is 0.969. The summed E-state index contributed by atoms with van der Waals surface area (Å²) in [5.41, 5.74) is 1.74. The van der Waals surface area contributed by atoms with Crippen molar-refractivity contribution in [3.05, 3.63) is 35.4 Å². The maximum atomic E-state index is 11.7. The van der Waals surface area contributed by atoms with E-state index in [9.17, 15) is 9.59 Å². The Morgan fingerprint density at radius 3 is 2.71 bits per heavy atom. The summed E-state index contributed by atoms with van der Waals surface area (Å²) in [6, 6.07) is 4.42. The van der Waals surface area contributed by atoms with Crippen LogP contribution in [0, 0.1) is 6.92 Å². The molecule has 1 aromatic rings. The highest BCUT2D eigenvalue weighted by atomic mass is 16.5. The monoisotopic (exact) mass is 293 g/mol. The van der Waals surface area contributed by atoms with Gasteiger partial charge in [-0.3, -0.25) is 4.79 Å². The number of ether oxygens (including phenoxy) is 1. The Kier molecular flexibility index (Phi) is 6.42. The van der Waals surface area contributed by atoms with Crippen LogP contribution in [0.5, 0.6) is 5.75 Å². The lowest BCUT2D eigenvalue weighted by Gasteiger charge is -2.11. The Labute approximate surface area is 123 Å². The quantitative estimate of drug-likeness (QED) is 0.651. The molecule has 6 nitrogen and oxygen atoms in total. The second-order valence-electron chi connectivity index (χ2n) is 4.49. The van der Waals surface area contributed by atoms with E-state index in [-0.39, 0.29) is 13.0 Å². The first-order valence-corrected chi connectivity index (χ1v) is 6.44. The maximum absolute atomic E-state index is 11.7. The van der Waals surface area contributed by atoms with Gasteiger partial charge in [0.15, 0.2) is 0 Å². The Bertz CT molecular complexity index is 539. The summed E-state index contributed by atoms with van der Waals surface area (Å²) in [7, 11) is 1.53. The van der Waals surface area contributed by atoms with Gasteiger partial charge in [0, 0.05) is 24.7 Å². The molecule has 1 amide bonds. The van der Waals surface area contributed by atoms with E-state index in [1.807, 2.05) is 19.1 Å². The van der Waals surface area contributed by atoms with Crippen molar-refractivity contribution in [1.29, 1.82) is 0 Å². The molecule has 21 heavy (non-hydrogen) atoms. The van der Waals surface area contributed by atoms with Crippen molar-refractivity contribution in [1.82, 2.24) is 5.32 Å². The average Bonchev–Trinajstić information content (AvgIpc) is 2.44. The number of carboxylic acid groups (broad SMARTS) is 1. The number of aryl methyl sites for hydroxylation is 1. The molecule has 0 aliphatic heterocycles. The molecule has 0 fully saturated rings. The first-order valence-electron chi connectivity index (χ1n) is 6.44. The van der Waals surface area contributed by atoms with E-state index >= 15 is 0 Å². The van der Waals surface area contributed by atoms with Crippen LogP contribution >= 0.6 is 0 Å². The zero-order chi connectivity index (χ0) is 15.8. The summed E-state index contributed by atoms with van der Waals surface area (Å²) in [5, 5.41) is 20.0. The summed E-state index contributed by atoms with van der Waals surface area (Å²) in [6.45, 7) is 1.60. The fourth-order valence-corrected chi connectivity index (χ4v) is 1.76. The third-order valence-electron chi connectivity index (χ3n) is 2.83. The molecule has 0 aliphatic carbocycles. The third kappa shape index (κ3) is 5.27. The van der Waals surface area contributed by atoms with E-state index in [4.69, 9.17) is 14.9 Å². The molecule has 0 spiro atoms. The SMILES string of the molecule is COc1ccc(C)cc1C=CC(=O)NC(CCO)C(=O)O. The van der Waals surface area contributed by atoms with Crippen molar-refractivity contribution < 1.29 is 24.5 Å². The van der Waals surface area contributed by atoms with Gasteiger partial charge in [-0.05, 0) is 25.1 Å². The topological polar surface area (TPSA) is 95.9 Å². The zero-order valence-corrected chi connectivity index (χ0v) is 12.0. The van der Waals surface area contributed by atoms with E-state index in [0.717, 1.165) is 11.1 Å². The third-order valence-corrected chi connectivity index (χ3v) is 2.83. The van der Waals surface area contributed by atoms with Crippen LogP contribution in [0.4, 0.5) is 0 Å². The second-order valence-corrected chi connectivity index (χ2v) is 4.49. The highest BCUT2D eigenvalue weighted by molar-refractivity contribution is 5.94. The average molecular weight is 293 g/mol. The normalized spacial score (nSPS) is 12.1. The molecule has 1 unspecified atom stereocenters. The van der Waals surface area contributed by atoms with Crippen molar-refractivity contribution in [2.75, 3.05) is 13.7 Å². The van der Waals surface area contributed by atoms with Crippen LogP contribution in [0.15, 0.2) is 24.3 Å². The number of benzene rings is 1. The van der Waals surface area contributed by atoms with Crippen LogP contribution in [0.1, 0.15) is 17.5 Å². The Hall–Kier alpha value is -2.34. The standard InChI is InChI=1S/C15H19NO5/c1-10-3-5-13(21-2)11(9-10)4-6-14(18)16-12(7-8-17)15(19)20/h3-6,9,12,17H,7-8H2,1-2H3,(H,16,18)(H,19,20). The number of nitrogens with one attached hydrogen (secondary N) is 1. The van der Waals surface area contributed by atoms with Crippen LogP contribution in [-0.4, -0.2) is 41.8 Å². The first-order chi connectivity index (χ1) is 9.97. The lowest BCUT2D eigenvalue weighted by atomic mass is 10.1. The van der Waals surface area contributed by atoms with Crippen molar-refractivity contribution in [2.24, 2.45) is 0 Å². The summed E-state index contributed by atoms with van der Waals surface area (Å²) < 4.78 is 5.18. The van der Waals surface area contributed by atoms with Crippen LogP contribution < -0.4 is 10.1 Å². The molecule has 1 aromatic carbocycles. The predicted molar refractivity (Wildman–Crippen MR) is 78.0 cm³/mol. The largest absolute Gasteiger partial charge is 0.496 e. The van der Waals surface area contributed by atoms with E-state index in [0.29, 0.717) is 5.75 Å². The molecule has 0 saturated heterocycles. The number of aliphatic carboxylic acids is 1. The van der Waals surface area contributed by atoms with Gasteiger partial charge in [0.1, 0.15) is 11.8 Å². The minimum atomic E-state index is -1.18. The van der Waals surface area contributed by atoms with Gasteiger partial charge in [0.05, 0.1) is 7.11 Å². The molecule has 0 heterocycles. The fourth-order valence-electron chi connectivity index (χ4n) is 1.76. The smallest absolute Gasteiger partial charge is 0.326 e. The molecule has 6 heteroatoms. The lowest BCUT2D eigenvalue weighted by molar-refractivity contribution is -0.141. The van der Waals surface area contributed by atoms with Gasteiger partial charge < -0.3 is 20.3 Å². The van der Waals surface area contributed by atoms with E-state index < -0.39 is 17.9 Å². The second kappa shape index (κ2) is 8.06. The molecule has 0 aliphatic rings. The molecule has 3 N–H and O–H groups in total. The number of aliphatic hydroxyl groups excluding tert-OH is 1. The van der Waals surface area contributed by atoms with Crippen LogP contribution in [0.3, 0.4) is 0 Å². The minimum Gasteiger partial charge on any atom is -0.496 e. The number of carbonyl (C=O) groups excluding carboxylic acids is 1. The number of hydrogen-bond donors (Lipinski definition) is 3. The van der Waals surface area contributed by atoms with Gasteiger partial charge in [-0.25, -0.2) is 4.79 Å². The Balaban J connectivity index is 2.78. The highest BCUT2D eigenvalue weighted by Gasteiger charge is 2.17. The number of aliphatic hydroxyl groups is 1. The summed E-state index contributed by atoms with van der Waals surface area (Å²) in [5.74, 6) is -1.10. The van der Waals surface area contributed by atoms with E-state index in [1.165, 1.54) is 13.2 Å². The fraction of sp³-hybridized carbons (Fsp3) is 0.333. The van der Waals surface area contributed by atoms with Crippen molar-refractivity contribution in [3.8, 4) is 5.75 Å². The van der Waals surface area contributed by atoms with Gasteiger partial charge in [-0.15, -0.1) is 0 Å².